The molecule has 0 aromatic rings. The Balaban J connectivity index is 4.62. The predicted octanol–water partition coefficient (Wildman–Crippen LogP) is 0.428. The lowest BCUT2D eigenvalue weighted by atomic mass is 10.1. The van der Waals surface area contributed by atoms with Crippen molar-refractivity contribution in [3.8, 4) is 0 Å². The van der Waals surface area contributed by atoms with E-state index in [9.17, 15) is 4.79 Å². The molecule has 4 heteroatoms. The quantitative estimate of drug-likeness (QED) is 0.482. The van der Waals surface area contributed by atoms with Crippen molar-refractivity contribution in [1.82, 2.24) is 5.32 Å². The highest BCUT2D eigenvalue weighted by Crippen LogP contribution is 1.96. The second-order valence-corrected chi connectivity index (χ2v) is 2.39. The number of amides is 1. The van der Waals surface area contributed by atoms with Crippen LogP contribution in [0.4, 0.5) is 4.79 Å². The Morgan fingerprint density at radius 3 is 2.46 bits per heavy atom. The molecule has 0 atom stereocenters. The summed E-state index contributed by atoms with van der Waals surface area (Å²) in [5.41, 5.74) is 6.58. The summed E-state index contributed by atoms with van der Waals surface area (Å²) in [7, 11) is 1.43. The third-order valence-corrected chi connectivity index (χ3v) is 1.18. The monoisotopic (exact) mass is 176 g/mol. The Bertz CT molecular complexity index is 279. The molecule has 0 aliphatic rings. The van der Waals surface area contributed by atoms with E-state index < -0.39 is 0 Å². The van der Waals surface area contributed by atoms with Crippen LogP contribution in [-0.2, 0) is 0 Å². The summed E-state index contributed by atoms with van der Waals surface area (Å²) in [5.74, 6) is -0.152. The molecule has 0 aliphatic carbocycles. The molecular weight excluding hydrogens is 163 g/mol. The minimum Gasteiger partial charge on any atom is -0.399 e. The molecule has 3 N–H and O–H groups in total. The third-order valence-electron chi connectivity index (χ3n) is 1.18. The van der Waals surface area contributed by atoms with E-state index in [0.29, 0.717) is 11.4 Å². The number of carbonyl (C=O) groups excluding carboxylic acids is 1. The molecule has 0 fully saturated rings. The molecule has 0 saturated heterocycles. The average molecular weight is 176 g/mol. The van der Waals surface area contributed by atoms with E-state index >= 15 is 0 Å². The highest BCUT2D eigenvalue weighted by molar-refractivity contribution is 6.57. The first-order valence-electron chi connectivity index (χ1n) is 3.80. The number of nitrogens with one attached hydrogen (secondary N) is 1. The summed E-state index contributed by atoms with van der Waals surface area (Å²) in [5, 5.41) is 2.59. The summed E-state index contributed by atoms with van der Waals surface area (Å²) in [4.78, 5) is 10.7. The maximum Gasteiger partial charge on any atom is 0.216 e. The van der Waals surface area contributed by atoms with Crippen LogP contribution in [0.15, 0.2) is 48.9 Å². The molecule has 0 aromatic heterocycles. The predicted molar refractivity (Wildman–Crippen MR) is 57.8 cm³/mol. The van der Waals surface area contributed by atoms with E-state index in [1.807, 2.05) is 0 Å². The van der Waals surface area contributed by atoms with Gasteiger partial charge in [0.15, 0.2) is 5.81 Å². The molecule has 13 heavy (non-hydrogen) atoms. The summed E-state index contributed by atoms with van der Waals surface area (Å²) < 4.78 is 0. The summed E-state index contributed by atoms with van der Waals surface area (Å²) in [6.45, 7) is 7.01. The first-order valence-corrected chi connectivity index (χ1v) is 3.80. The fraction of sp³-hybridized carbons (Fsp3) is 0. The van der Waals surface area contributed by atoms with Gasteiger partial charge in [-0.2, -0.15) is 0 Å². The lowest BCUT2D eigenvalue weighted by Crippen LogP contribution is -2.20. The van der Waals surface area contributed by atoms with Crippen LogP contribution >= 0.6 is 0 Å². The topological polar surface area (TPSA) is 55.1 Å². The van der Waals surface area contributed by atoms with Crippen molar-refractivity contribution < 1.29 is 4.79 Å². The zero-order chi connectivity index (χ0) is 10.3. The van der Waals surface area contributed by atoms with Gasteiger partial charge in [0.2, 0.25) is 7.85 Å². The van der Waals surface area contributed by atoms with E-state index in [1.165, 1.54) is 13.9 Å². The first kappa shape index (κ1) is 11.3. The minimum absolute atomic E-state index is 0.152. The van der Waals surface area contributed by atoms with E-state index in [4.69, 9.17) is 5.73 Å². The lowest BCUT2D eigenvalue weighted by molar-refractivity contribution is 0.262. The van der Waals surface area contributed by atoms with Crippen molar-refractivity contribution in [1.29, 1.82) is 0 Å². The smallest absolute Gasteiger partial charge is 0.216 e. The summed E-state index contributed by atoms with van der Waals surface area (Å²) in [6.07, 6.45) is 6.32. The van der Waals surface area contributed by atoms with Crippen LogP contribution in [0.5, 0.6) is 0 Å². The third kappa shape index (κ3) is 5.55. The number of carbonyl (C=O) groups is 1. The van der Waals surface area contributed by atoms with E-state index in [1.54, 1.807) is 18.2 Å². The van der Waals surface area contributed by atoms with Crippen molar-refractivity contribution >= 4 is 13.7 Å². The molecule has 0 bridgehead atoms. The molecule has 0 rings (SSSR count). The van der Waals surface area contributed by atoms with Crippen molar-refractivity contribution in [3.63, 3.8) is 0 Å². The van der Waals surface area contributed by atoms with Gasteiger partial charge in [-0.15, -0.1) is 0 Å². The van der Waals surface area contributed by atoms with Gasteiger partial charge in [-0.3, -0.25) is 4.79 Å². The standard InChI is InChI=1S/C9H13BN2O/c1-3-5-8(12-9(10)13)6-7(11)4-2/h3-6H,1-2,10-11H2,(H,12,13)/b7-6+,8-5+. The Morgan fingerprint density at radius 2 is 2.08 bits per heavy atom. The van der Waals surface area contributed by atoms with Crippen LogP contribution in [0, 0.1) is 0 Å². The number of allylic oxidation sites excluding steroid dienone is 4. The molecule has 0 aliphatic heterocycles. The highest BCUT2D eigenvalue weighted by Gasteiger charge is 1.94. The van der Waals surface area contributed by atoms with Crippen LogP contribution in [0.2, 0.25) is 0 Å². The molecule has 1 amide bonds. The number of nitrogens with two attached hydrogens (primary N) is 1. The zero-order valence-electron chi connectivity index (χ0n) is 7.71. The van der Waals surface area contributed by atoms with Crippen molar-refractivity contribution in [3.05, 3.63) is 48.9 Å². The van der Waals surface area contributed by atoms with Gasteiger partial charge in [-0.1, -0.05) is 19.2 Å². The Labute approximate surface area is 79.1 Å². The molecule has 0 saturated carbocycles. The molecule has 0 radical (unpaired) electrons. The lowest BCUT2D eigenvalue weighted by Gasteiger charge is -2.02. The SMILES string of the molecule is BC(=O)NC(/C=C(/N)C=C)=C/C=C. The first-order chi connectivity index (χ1) is 6.10. The van der Waals surface area contributed by atoms with Crippen molar-refractivity contribution in [2.45, 2.75) is 0 Å². The van der Waals surface area contributed by atoms with E-state index in [-0.39, 0.29) is 5.81 Å². The number of rotatable bonds is 4. The van der Waals surface area contributed by atoms with Gasteiger partial charge in [-0.25, -0.2) is 0 Å². The zero-order valence-corrected chi connectivity index (χ0v) is 7.71. The van der Waals surface area contributed by atoms with Gasteiger partial charge >= 0.3 is 0 Å². The molecule has 0 aromatic carbocycles. The molecule has 3 nitrogen and oxygen atoms in total. The van der Waals surface area contributed by atoms with Gasteiger partial charge < -0.3 is 11.1 Å². The van der Waals surface area contributed by atoms with Crippen LogP contribution < -0.4 is 11.1 Å². The molecular formula is C9H13BN2O. The van der Waals surface area contributed by atoms with Crippen LogP contribution in [0.1, 0.15) is 0 Å². The Kier molecular flexibility index (Phi) is 5.11. The second-order valence-electron chi connectivity index (χ2n) is 2.39. The summed E-state index contributed by atoms with van der Waals surface area (Å²) >= 11 is 0. The van der Waals surface area contributed by atoms with Crippen molar-refractivity contribution in [2.75, 3.05) is 0 Å². The second kappa shape index (κ2) is 5.88. The summed E-state index contributed by atoms with van der Waals surface area (Å²) in [6, 6.07) is 0. The fourth-order valence-electron chi connectivity index (χ4n) is 0.695. The minimum atomic E-state index is -0.152. The molecule has 0 heterocycles. The maximum atomic E-state index is 10.7. The molecule has 0 unspecified atom stereocenters. The fourth-order valence-corrected chi connectivity index (χ4v) is 0.695. The van der Waals surface area contributed by atoms with Gasteiger partial charge in [-0.05, 0) is 18.2 Å². The largest absolute Gasteiger partial charge is 0.399 e. The number of hydrogen-bond acceptors (Lipinski definition) is 2. The Morgan fingerprint density at radius 1 is 1.46 bits per heavy atom. The highest BCUT2D eigenvalue weighted by atomic mass is 16.1. The average Bonchev–Trinajstić information content (AvgIpc) is 2.03. The van der Waals surface area contributed by atoms with Gasteiger partial charge in [0, 0.05) is 11.4 Å². The van der Waals surface area contributed by atoms with E-state index in [0.717, 1.165) is 0 Å². The van der Waals surface area contributed by atoms with Crippen LogP contribution in [-0.4, -0.2) is 13.7 Å². The molecule has 0 spiro atoms. The van der Waals surface area contributed by atoms with Crippen molar-refractivity contribution in [2.24, 2.45) is 5.73 Å². The Hall–Kier alpha value is -1.71. The number of hydrogen-bond donors (Lipinski definition) is 2. The molecule has 68 valence electrons. The normalized spacial score (nSPS) is 12.0. The van der Waals surface area contributed by atoms with Gasteiger partial charge in [0.05, 0.1) is 0 Å². The van der Waals surface area contributed by atoms with Gasteiger partial charge in [0.1, 0.15) is 0 Å². The van der Waals surface area contributed by atoms with Crippen LogP contribution in [0.25, 0.3) is 0 Å². The van der Waals surface area contributed by atoms with Gasteiger partial charge in [0.25, 0.3) is 0 Å². The van der Waals surface area contributed by atoms with Crippen LogP contribution in [0.3, 0.4) is 0 Å². The van der Waals surface area contributed by atoms with E-state index in [2.05, 4.69) is 18.5 Å². The maximum absolute atomic E-state index is 10.7.